The Morgan fingerprint density at radius 2 is 1.78 bits per heavy atom. The number of carbonyl (C=O) groups excluding carboxylic acids is 1. The molecule has 4 aliphatic rings. The highest BCUT2D eigenvalue weighted by molar-refractivity contribution is 5.99. The zero-order valence-corrected chi connectivity index (χ0v) is 19.0. The molecule has 0 atom stereocenters. The van der Waals surface area contributed by atoms with Crippen molar-refractivity contribution >= 4 is 16.8 Å². The van der Waals surface area contributed by atoms with Crippen molar-refractivity contribution in [1.82, 2.24) is 14.4 Å². The fraction of sp³-hybridized carbons (Fsp3) is 0.640. The summed E-state index contributed by atoms with van der Waals surface area (Å²) in [7, 11) is 2.17. The lowest BCUT2D eigenvalue weighted by Crippen LogP contribution is -2.47. The normalized spacial score (nSPS) is 24.3. The van der Waals surface area contributed by atoms with Crippen molar-refractivity contribution in [3.63, 3.8) is 0 Å². The molecule has 0 bridgehead atoms. The summed E-state index contributed by atoms with van der Waals surface area (Å²) in [5.74, 6) is -0.332. The van der Waals surface area contributed by atoms with E-state index in [0.29, 0.717) is 32.3 Å². The van der Waals surface area contributed by atoms with Gasteiger partial charge in [-0.2, -0.15) is 0 Å². The van der Waals surface area contributed by atoms with Crippen molar-refractivity contribution in [2.24, 2.45) is 7.05 Å². The minimum Gasteiger partial charge on any atom is -0.381 e. The summed E-state index contributed by atoms with van der Waals surface area (Å²) in [6.07, 6.45) is 4.81. The van der Waals surface area contributed by atoms with Crippen LogP contribution in [0.4, 0.5) is 0 Å². The number of ether oxygens (including phenoxy) is 3. The van der Waals surface area contributed by atoms with Crippen molar-refractivity contribution in [1.29, 1.82) is 0 Å². The monoisotopic (exact) mass is 439 g/mol. The lowest BCUT2D eigenvalue weighted by molar-refractivity contribution is -0.181. The molecule has 0 N–H and O–H groups in total. The van der Waals surface area contributed by atoms with E-state index in [2.05, 4.69) is 28.6 Å². The molecule has 0 saturated carbocycles. The number of hydrogen-bond donors (Lipinski definition) is 0. The van der Waals surface area contributed by atoms with Crippen LogP contribution in [0.15, 0.2) is 18.2 Å². The number of likely N-dealkylation sites (tertiary alicyclic amines) is 1. The molecule has 1 amide bonds. The molecule has 4 aliphatic heterocycles. The minimum atomic E-state index is -0.452. The van der Waals surface area contributed by atoms with E-state index in [1.54, 1.807) is 0 Å². The summed E-state index contributed by atoms with van der Waals surface area (Å²) in [6, 6.07) is 6.88. The highest BCUT2D eigenvalue weighted by Gasteiger charge is 2.41. The van der Waals surface area contributed by atoms with Crippen LogP contribution in [-0.4, -0.2) is 78.2 Å². The van der Waals surface area contributed by atoms with E-state index in [-0.39, 0.29) is 5.91 Å². The van der Waals surface area contributed by atoms with Crippen LogP contribution in [0.1, 0.15) is 47.3 Å². The number of benzene rings is 1. The molecule has 7 heteroatoms. The summed E-state index contributed by atoms with van der Waals surface area (Å²) in [5, 5.41) is 1.24. The van der Waals surface area contributed by atoms with Crippen molar-refractivity contribution < 1.29 is 19.0 Å². The number of aryl methyl sites for hydroxylation is 1. The molecule has 2 aromatic rings. The Morgan fingerprint density at radius 3 is 2.53 bits per heavy atom. The molecule has 3 fully saturated rings. The molecular weight excluding hydrogens is 406 g/mol. The van der Waals surface area contributed by atoms with Crippen molar-refractivity contribution in [3.8, 4) is 0 Å². The van der Waals surface area contributed by atoms with Gasteiger partial charge in [-0.3, -0.25) is 9.69 Å². The van der Waals surface area contributed by atoms with E-state index in [1.165, 1.54) is 22.2 Å². The van der Waals surface area contributed by atoms with Gasteiger partial charge in [-0.25, -0.2) is 0 Å². The van der Waals surface area contributed by atoms with Gasteiger partial charge < -0.3 is 23.7 Å². The molecule has 172 valence electrons. The number of carbonyl (C=O) groups is 1. The Kier molecular flexibility index (Phi) is 5.25. The largest absolute Gasteiger partial charge is 0.381 e. The molecule has 7 nitrogen and oxygen atoms in total. The maximum absolute atomic E-state index is 13.3. The summed E-state index contributed by atoms with van der Waals surface area (Å²) in [4.78, 5) is 17.9. The SMILES string of the molecule is Cn1c2c(c3cc(C(=O)N4CCC5(CC4)OCCO5)ccc31)CN(C1CCOCC1)CC2. The van der Waals surface area contributed by atoms with Gasteiger partial charge in [0, 0.05) is 93.9 Å². The molecule has 0 radical (unpaired) electrons. The van der Waals surface area contributed by atoms with Crippen LogP contribution in [0, 0.1) is 0 Å². The third kappa shape index (κ3) is 3.46. The van der Waals surface area contributed by atoms with E-state index in [4.69, 9.17) is 14.2 Å². The maximum Gasteiger partial charge on any atom is 0.253 e. The maximum atomic E-state index is 13.3. The molecule has 3 saturated heterocycles. The van der Waals surface area contributed by atoms with Crippen LogP contribution >= 0.6 is 0 Å². The quantitative estimate of drug-likeness (QED) is 0.720. The second-order valence-corrected chi connectivity index (χ2v) is 9.68. The van der Waals surface area contributed by atoms with Gasteiger partial charge in [0.15, 0.2) is 5.79 Å². The summed E-state index contributed by atoms with van der Waals surface area (Å²) >= 11 is 0. The highest BCUT2D eigenvalue weighted by atomic mass is 16.7. The van der Waals surface area contributed by atoms with Gasteiger partial charge in [-0.15, -0.1) is 0 Å². The van der Waals surface area contributed by atoms with Gasteiger partial charge in [-0.05, 0) is 36.6 Å². The first-order chi connectivity index (χ1) is 15.6. The second-order valence-electron chi connectivity index (χ2n) is 9.68. The third-order valence-corrected chi connectivity index (χ3v) is 8.01. The van der Waals surface area contributed by atoms with Crippen LogP contribution in [-0.2, 0) is 34.2 Å². The summed E-state index contributed by atoms with van der Waals surface area (Å²) in [5.41, 5.74) is 4.84. The molecule has 5 heterocycles. The van der Waals surface area contributed by atoms with E-state index in [1.807, 2.05) is 11.0 Å². The Bertz CT molecular complexity index is 1010. The fourth-order valence-corrected chi connectivity index (χ4v) is 6.11. The number of rotatable bonds is 2. The number of nitrogens with zero attached hydrogens (tertiary/aromatic N) is 3. The lowest BCUT2D eigenvalue weighted by Gasteiger charge is -2.37. The van der Waals surface area contributed by atoms with E-state index < -0.39 is 5.79 Å². The average Bonchev–Trinajstić information content (AvgIpc) is 3.42. The van der Waals surface area contributed by atoms with Gasteiger partial charge in [0.05, 0.1) is 13.2 Å². The van der Waals surface area contributed by atoms with Crippen LogP contribution < -0.4 is 0 Å². The summed E-state index contributed by atoms with van der Waals surface area (Å²) < 4.78 is 19.6. The standard InChI is InChI=1S/C25H33N3O4/c1-26-22-3-2-18(24(29)27-10-7-25(8-11-27)31-14-15-32-25)16-20(22)21-17-28(9-4-23(21)26)19-5-12-30-13-6-19/h2-3,16,19H,4-15,17H2,1H3. The second kappa shape index (κ2) is 8.13. The minimum absolute atomic E-state index is 0.120. The average molecular weight is 440 g/mol. The number of fused-ring (bicyclic) bond motifs is 3. The van der Waals surface area contributed by atoms with Crippen LogP contribution in [0.25, 0.3) is 10.9 Å². The van der Waals surface area contributed by atoms with Gasteiger partial charge in [-0.1, -0.05) is 0 Å². The molecule has 0 unspecified atom stereocenters. The molecule has 32 heavy (non-hydrogen) atoms. The van der Waals surface area contributed by atoms with Crippen LogP contribution in [0.5, 0.6) is 0 Å². The predicted molar refractivity (Wildman–Crippen MR) is 121 cm³/mol. The first-order valence-corrected chi connectivity index (χ1v) is 12.1. The van der Waals surface area contributed by atoms with Gasteiger partial charge in [0.1, 0.15) is 0 Å². The Hall–Kier alpha value is -1.93. The predicted octanol–water partition coefficient (Wildman–Crippen LogP) is 2.69. The molecule has 1 aromatic carbocycles. The lowest BCUT2D eigenvalue weighted by atomic mass is 9.98. The smallest absolute Gasteiger partial charge is 0.253 e. The molecule has 1 aromatic heterocycles. The summed E-state index contributed by atoms with van der Waals surface area (Å²) in [6.45, 7) is 6.50. The third-order valence-electron chi connectivity index (χ3n) is 8.01. The number of piperidine rings is 1. The van der Waals surface area contributed by atoms with Crippen LogP contribution in [0.3, 0.4) is 0 Å². The van der Waals surface area contributed by atoms with Crippen LogP contribution in [0.2, 0.25) is 0 Å². The van der Waals surface area contributed by atoms with E-state index in [0.717, 1.165) is 64.0 Å². The first-order valence-electron chi connectivity index (χ1n) is 12.1. The molecule has 1 spiro atoms. The van der Waals surface area contributed by atoms with Crippen molar-refractivity contribution in [2.75, 3.05) is 46.1 Å². The Labute approximate surface area is 189 Å². The Balaban J connectivity index is 1.25. The highest BCUT2D eigenvalue weighted by Crippen LogP contribution is 2.34. The first kappa shape index (κ1) is 20.7. The van der Waals surface area contributed by atoms with E-state index in [9.17, 15) is 4.79 Å². The van der Waals surface area contributed by atoms with Gasteiger partial charge >= 0.3 is 0 Å². The van der Waals surface area contributed by atoms with Gasteiger partial charge in [0.25, 0.3) is 5.91 Å². The van der Waals surface area contributed by atoms with Gasteiger partial charge in [0.2, 0.25) is 0 Å². The van der Waals surface area contributed by atoms with Crippen molar-refractivity contribution in [2.45, 2.75) is 50.5 Å². The van der Waals surface area contributed by atoms with E-state index >= 15 is 0 Å². The molecule has 0 aliphatic carbocycles. The zero-order valence-electron chi connectivity index (χ0n) is 19.0. The number of hydrogen-bond acceptors (Lipinski definition) is 5. The fourth-order valence-electron chi connectivity index (χ4n) is 6.11. The Morgan fingerprint density at radius 1 is 1.03 bits per heavy atom. The number of aromatic nitrogens is 1. The molecule has 6 rings (SSSR count). The zero-order chi connectivity index (χ0) is 21.7. The molecular formula is C25H33N3O4. The number of amides is 1. The van der Waals surface area contributed by atoms with Crippen molar-refractivity contribution in [3.05, 3.63) is 35.0 Å². The topological polar surface area (TPSA) is 56.2 Å².